The van der Waals surface area contributed by atoms with Gasteiger partial charge in [0.05, 0.1) is 23.5 Å². The van der Waals surface area contributed by atoms with Gasteiger partial charge in [-0.2, -0.15) is 10.4 Å². The van der Waals surface area contributed by atoms with Crippen molar-refractivity contribution < 1.29 is 0 Å². The zero-order chi connectivity index (χ0) is 10.8. The normalized spacial score (nSPS) is 9.93. The summed E-state index contributed by atoms with van der Waals surface area (Å²) in [5.41, 5.74) is 2.67. The summed E-state index contributed by atoms with van der Waals surface area (Å²) in [6, 6.07) is 7.52. The molecule has 1 aromatic heterocycles. The van der Waals surface area contributed by atoms with E-state index in [0.717, 1.165) is 15.7 Å². The molecule has 0 N–H and O–H groups in total. The Morgan fingerprint density at radius 3 is 2.80 bits per heavy atom. The maximum Gasteiger partial charge on any atom is 0.0992 e. The van der Waals surface area contributed by atoms with E-state index in [-0.39, 0.29) is 0 Å². The molecule has 0 aliphatic heterocycles. The van der Waals surface area contributed by atoms with Gasteiger partial charge in [-0.1, -0.05) is 0 Å². The van der Waals surface area contributed by atoms with E-state index < -0.39 is 0 Å². The van der Waals surface area contributed by atoms with E-state index in [1.54, 1.807) is 23.0 Å². The molecule has 0 amide bonds. The minimum absolute atomic E-state index is 0.634. The lowest BCUT2D eigenvalue weighted by Gasteiger charge is -2.03. The molecule has 0 saturated carbocycles. The van der Waals surface area contributed by atoms with E-state index in [4.69, 9.17) is 5.26 Å². The van der Waals surface area contributed by atoms with Crippen molar-refractivity contribution in [3.8, 4) is 11.8 Å². The molecule has 1 heterocycles. The van der Waals surface area contributed by atoms with E-state index in [1.807, 2.05) is 19.2 Å². The Kier molecular flexibility index (Phi) is 2.57. The highest BCUT2D eigenvalue weighted by Crippen LogP contribution is 2.21. The zero-order valence-electron chi connectivity index (χ0n) is 8.11. The van der Waals surface area contributed by atoms with Crippen molar-refractivity contribution in [2.24, 2.45) is 0 Å². The zero-order valence-corrected chi connectivity index (χ0v) is 9.69. The van der Waals surface area contributed by atoms with Gasteiger partial charge in [0.2, 0.25) is 0 Å². The Labute approximate surface area is 96.1 Å². The summed E-state index contributed by atoms with van der Waals surface area (Å²) in [6.07, 6.45) is 3.73. The summed E-state index contributed by atoms with van der Waals surface area (Å²) in [6.45, 7) is 1.99. The van der Waals surface area contributed by atoms with E-state index in [0.29, 0.717) is 5.56 Å². The van der Waals surface area contributed by atoms with Crippen LogP contribution in [0.15, 0.2) is 35.1 Å². The Morgan fingerprint density at radius 2 is 2.27 bits per heavy atom. The molecule has 0 bridgehead atoms. The molecule has 0 atom stereocenters. The Bertz CT molecular complexity index is 537. The Balaban J connectivity index is 2.51. The molecule has 2 aromatic rings. The van der Waals surface area contributed by atoms with E-state index in [1.165, 1.54) is 0 Å². The first-order valence-corrected chi connectivity index (χ1v) is 5.21. The van der Waals surface area contributed by atoms with Crippen LogP contribution in [0.1, 0.15) is 11.1 Å². The van der Waals surface area contributed by atoms with Crippen LogP contribution in [0.25, 0.3) is 5.69 Å². The molecule has 15 heavy (non-hydrogen) atoms. The fraction of sp³-hybridized carbons (Fsp3) is 0.0909. The number of nitriles is 1. The first-order chi connectivity index (χ1) is 7.20. The van der Waals surface area contributed by atoms with Gasteiger partial charge >= 0.3 is 0 Å². The molecule has 0 spiro atoms. The lowest BCUT2D eigenvalue weighted by atomic mass is 10.2. The summed E-state index contributed by atoms with van der Waals surface area (Å²) in [4.78, 5) is 0. The standard InChI is InChI=1S/C11H8BrN3/c1-8-6-14-15(7-8)11-3-2-9(5-13)4-10(11)12/h2-4,6-7H,1H3. The van der Waals surface area contributed by atoms with Gasteiger partial charge in [-0.25, -0.2) is 4.68 Å². The van der Waals surface area contributed by atoms with Crippen LogP contribution >= 0.6 is 15.9 Å². The van der Waals surface area contributed by atoms with E-state index in [9.17, 15) is 0 Å². The maximum absolute atomic E-state index is 8.73. The number of benzene rings is 1. The summed E-state index contributed by atoms with van der Waals surface area (Å²) >= 11 is 3.42. The highest BCUT2D eigenvalue weighted by atomic mass is 79.9. The van der Waals surface area contributed by atoms with Crippen LogP contribution in [0.4, 0.5) is 0 Å². The van der Waals surface area contributed by atoms with Crippen molar-refractivity contribution in [2.45, 2.75) is 6.92 Å². The summed E-state index contributed by atoms with van der Waals surface area (Å²) in [5, 5.41) is 12.9. The average Bonchev–Trinajstić information content (AvgIpc) is 2.64. The van der Waals surface area contributed by atoms with Crippen LogP contribution in [-0.2, 0) is 0 Å². The molecule has 0 fully saturated rings. The van der Waals surface area contributed by atoms with Crippen LogP contribution in [0.2, 0.25) is 0 Å². The molecule has 0 saturated heterocycles. The molecule has 74 valence electrons. The van der Waals surface area contributed by atoms with Gasteiger partial charge in [0.1, 0.15) is 0 Å². The van der Waals surface area contributed by atoms with Gasteiger partial charge in [-0.05, 0) is 46.6 Å². The monoisotopic (exact) mass is 261 g/mol. The minimum atomic E-state index is 0.634. The highest BCUT2D eigenvalue weighted by molar-refractivity contribution is 9.10. The quantitative estimate of drug-likeness (QED) is 0.792. The SMILES string of the molecule is Cc1cnn(-c2ccc(C#N)cc2Br)c1. The number of rotatable bonds is 1. The molecule has 4 heteroatoms. The van der Waals surface area contributed by atoms with Gasteiger partial charge in [0.25, 0.3) is 0 Å². The number of halogens is 1. The molecule has 0 aliphatic carbocycles. The second-order valence-electron chi connectivity index (χ2n) is 3.24. The van der Waals surface area contributed by atoms with Crippen molar-refractivity contribution in [3.63, 3.8) is 0 Å². The second-order valence-corrected chi connectivity index (χ2v) is 4.09. The number of nitrogens with zero attached hydrogens (tertiary/aromatic N) is 3. The molecular weight excluding hydrogens is 254 g/mol. The Morgan fingerprint density at radius 1 is 1.47 bits per heavy atom. The van der Waals surface area contributed by atoms with Gasteiger partial charge in [0.15, 0.2) is 0 Å². The fourth-order valence-electron chi connectivity index (χ4n) is 1.31. The summed E-state index contributed by atoms with van der Waals surface area (Å²) < 4.78 is 2.64. The predicted molar refractivity (Wildman–Crippen MR) is 60.7 cm³/mol. The number of aromatic nitrogens is 2. The third kappa shape index (κ3) is 1.92. The topological polar surface area (TPSA) is 41.6 Å². The third-order valence-corrected chi connectivity index (χ3v) is 2.67. The lowest BCUT2D eigenvalue weighted by Crippen LogP contribution is -1.95. The van der Waals surface area contributed by atoms with Crippen molar-refractivity contribution >= 4 is 15.9 Å². The number of aryl methyl sites for hydroxylation is 1. The van der Waals surface area contributed by atoms with E-state index in [2.05, 4.69) is 27.1 Å². The summed E-state index contributed by atoms with van der Waals surface area (Å²) in [5.74, 6) is 0. The van der Waals surface area contributed by atoms with Crippen molar-refractivity contribution in [1.29, 1.82) is 5.26 Å². The first-order valence-electron chi connectivity index (χ1n) is 4.42. The largest absolute Gasteiger partial charge is 0.240 e. The molecule has 2 rings (SSSR count). The molecule has 0 radical (unpaired) electrons. The molecule has 0 unspecified atom stereocenters. The maximum atomic E-state index is 8.73. The smallest absolute Gasteiger partial charge is 0.0992 e. The number of hydrogen-bond acceptors (Lipinski definition) is 2. The van der Waals surface area contributed by atoms with Crippen LogP contribution in [0.5, 0.6) is 0 Å². The van der Waals surface area contributed by atoms with E-state index >= 15 is 0 Å². The van der Waals surface area contributed by atoms with Gasteiger partial charge in [0, 0.05) is 10.7 Å². The van der Waals surface area contributed by atoms with Gasteiger partial charge in [-0.3, -0.25) is 0 Å². The Hall–Kier alpha value is -1.60. The molecule has 1 aromatic carbocycles. The number of hydrogen-bond donors (Lipinski definition) is 0. The average molecular weight is 262 g/mol. The second kappa shape index (κ2) is 3.87. The van der Waals surface area contributed by atoms with Crippen molar-refractivity contribution in [1.82, 2.24) is 9.78 Å². The lowest BCUT2D eigenvalue weighted by molar-refractivity contribution is 0.875. The van der Waals surface area contributed by atoms with Crippen molar-refractivity contribution in [3.05, 3.63) is 46.2 Å². The van der Waals surface area contributed by atoms with Crippen LogP contribution < -0.4 is 0 Å². The van der Waals surface area contributed by atoms with Gasteiger partial charge < -0.3 is 0 Å². The van der Waals surface area contributed by atoms with Crippen molar-refractivity contribution in [2.75, 3.05) is 0 Å². The fourth-order valence-corrected chi connectivity index (χ4v) is 1.87. The predicted octanol–water partition coefficient (Wildman–Crippen LogP) is 2.81. The van der Waals surface area contributed by atoms with Crippen LogP contribution in [0.3, 0.4) is 0 Å². The highest BCUT2D eigenvalue weighted by Gasteiger charge is 2.04. The minimum Gasteiger partial charge on any atom is -0.240 e. The first kappa shape index (κ1) is 9.94. The molecule has 0 aliphatic rings. The van der Waals surface area contributed by atoms with Crippen LogP contribution in [0, 0.1) is 18.3 Å². The van der Waals surface area contributed by atoms with Crippen LogP contribution in [-0.4, -0.2) is 9.78 Å². The van der Waals surface area contributed by atoms with Gasteiger partial charge in [-0.15, -0.1) is 0 Å². The summed E-state index contributed by atoms with van der Waals surface area (Å²) in [7, 11) is 0. The third-order valence-electron chi connectivity index (χ3n) is 2.04. The molecular formula is C11H8BrN3. The molecule has 3 nitrogen and oxygen atoms in total.